The SMILES string of the molecule is CN(C)C(O)C(CO)Cc1ccccc1. The number of rotatable bonds is 5. The molecule has 0 saturated carbocycles. The molecule has 3 heteroatoms. The van der Waals surface area contributed by atoms with Crippen molar-refractivity contribution in [2.24, 2.45) is 5.92 Å². The first-order chi connectivity index (χ1) is 7.15. The van der Waals surface area contributed by atoms with E-state index < -0.39 is 6.23 Å². The maximum atomic E-state index is 9.81. The number of benzene rings is 1. The Morgan fingerprint density at radius 3 is 2.27 bits per heavy atom. The number of aliphatic hydroxyl groups excluding tert-OH is 2. The number of hydrogen-bond acceptors (Lipinski definition) is 3. The normalized spacial score (nSPS) is 15.3. The number of nitrogens with zero attached hydrogens (tertiary/aromatic N) is 1. The smallest absolute Gasteiger partial charge is 0.112 e. The van der Waals surface area contributed by atoms with E-state index in [1.165, 1.54) is 0 Å². The Kier molecular flexibility index (Phi) is 4.75. The lowest BCUT2D eigenvalue weighted by atomic mass is 9.98. The molecular formula is C12H19NO2. The molecule has 0 radical (unpaired) electrons. The molecule has 0 aliphatic carbocycles. The highest BCUT2D eigenvalue weighted by atomic mass is 16.3. The Morgan fingerprint density at radius 1 is 1.20 bits per heavy atom. The Hall–Kier alpha value is -0.900. The predicted molar refractivity (Wildman–Crippen MR) is 60.4 cm³/mol. The number of hydrogen-bond donors (Lipinski definition) is 2. The Balaban J connectivity index is 2.62. The minimum absolute atomic E-state index is 0.00571. The molecule has 2 N–H and O–H groups in total. The largest absolute Gasteiger partial charge is 0.396 e. The van der Waals surface area contributed by atoms with Crippen molar-refractivity contribution in [3.63, 3.8) is 0 Å². The molecule has 0 amide bonds. The van der Waals surface area contributed by atoms with Gasteiger partial charge in [-0.05, 0) is 26.1 Å². The molecule has 0 bridgehead atoms. The van der Waals surface area contributed by atoms with Gasteiger partial charge in [0.25, 0.3) is 0 Å². The van der Waals surface area contributed by atoms with E-state index in [0.717, 1.165) is 5.56 Å². The van der Waals surface area contributed by atoms with E-state index in [-0.39, 0.29) is 12.5 Å². The fourth-order valence-electron chi connectivity index (χ4n) is 1.60. The zero-order valence-corrected chi connectivity index (χ0v) is 9.30. The lowest BCUT2D eigenvalue weighted by Gasteiger charge is -2.26. The highest BCUT2D eigenvalue weighted by Gasteiger charge is 2.20. The van der Waals surface area contributed by atoms with Gasteiger partial charge in [-0.25, -0.2) is 0 Å². The number of aliphatic hydroxyl groups is 2. The Morgan fingerprint density at radius 2 is 1.80 bits per heavy atom. The minimum Gasteiger partial charge on any atom is -0.396 e. The summed E-state index contributed by atoms with van der Waals surface area (Å²) in [5.74, 6) is -0.137. The molecule has 2 unspecified atom stereocenters. The fraction of sp³-hybridized carbons (Fsp3) is 0.500. The Bertz CT molecular complexity index is 274. The van der Waals surface area contributed by atoms with Gasteiger partial charge in [-0.2, -0.15) is 0 Å². The fourth-order valence-corrected chi connectivity index (χ4v) is 1.60. The van der Waals surface area contributed by atoms with E-state index in [1.54, 1.807) is 19.0 Å². The third kappa shape index (κ3) is 3.63. The Labute approximate surface area is 91.0 Å². The zero-order valence-electron chi connectivity index (χ0n) is 9.30. The van der Waals surface area contributed by atoms with E-state index in [9.17, 15) is 10.2 Å². The first-order valence-electron chi connectivity index (χ1n) is 5.14. The summed E-state index contributed by atoms with van der Waals surface area (Å²) in [5, 5.41) is 19.0. The maximum Gasteiger partial charge on any atom is 0.112 e. The molecule has 0 saturated heterocycles. The average Bonchev–Trinajstić information content (AvgIpc) is 2.26. The van der Waals surface area contributed by atoms with Gasteiger partial charge < -0.3 is 10.2 Å². The molecule has 0 spiro atoms. The van der Waals surface area contributed by atoms with Gasteiger partial charge in [0, 0.05) is 12.5 Å². The third-order valence-electron chi connectivity index (χ3n) is 2.53. The summed E-state index contributed by atoms with van der Waals surface area (Å²) in [6, 6.07) is 9.90. The van der Waals surface area contributed by atoms with Crippen LogP contribution in [0.25, 0.3) is 0 Å². The second kappa shape index (κ2) is 5.85. The lowest BCUT2D eigenvalue weighted by molar-refractivity contribution is -0.0290. The van der Waals surface area contributed by atoms with E-state index in [2.05, 4.69) is 0 Å². The molecule has 1 rings (SSSR count). The lowest BCUT2D eigenvalue weighted by Crippen LogP contribution is -2.38. The van der Waals surface area contributed by atoms with Crippen LogP contribution in [0.2, 0.25) is 0 Å². The average molecular weight is 209 g/mol. The second-order valence-corrected chi connectivity index (χ2v) is 4.01. The van der Waals surface area contributed by atoms with Crippen LogP contribution in [-0.4, -0.2) is 42.0 Å². The summed E-state index contributed by atoms with van der Waals surface area (Å²) in [5.41, 5.74) is 1.14. The van der Waals surface area contributed by atoms with E-state index in [4.69, 9.17) is 0 Å². The van der Waals surface area contributed by atoms with E-state index in [1.807, 2.05) is 30.3 Å². The van der Waals surface area contributed by atoms with Crippen molar-refractivity contribution in [1.29, 1.82) is 0 Å². The van der Waals surface area contributed by atoms with Crippen molar-refractivity contribution < 1.29 is 10.2 Å². The van der Waals surface area contributed by atoms with Gasteiger partial charge in [0.15, 0.2) is 0 Å². The standard InChI is InChI=1S/C12H19NO2/c1-13(2)12(15)11(9-14)8-10-6-4-3-5-7-10/h3-7,11-12,14-15H,8-9H2,1-2H3. The molecule has 0 aromatic heterocycles. The van der Waals surface area contributed by atoms with Gasteiger partial charge in [-0.15, -0.1) is 0 Å². The summed E-state index contributed by atoms with van der Waals surface area (Å²) in [4.78, 5) is 1.71. The van der Waals surface area contributed by atoms with Crippen molar-refractivity contribution in [3.05, 3.63) is 35.9 Å². The highest BCUT2D eigenvalue weighted by molar-refractivity contribution is 5.15. The van der Waals surface area contributed by atoms with Crippen LogP contribution < -0.4 is 0 Å². The van der Waals surface area contributed by atoms with Crippen molar-refractivity contribution in [3.8, 4) is 0 Å². The summed E-state index contributed by atoms with van der Waals surface area (Å²) < 4.78 is 0. The summed E-state index contributed by atoms with van der Waals surface area (Å²) in [6.45, 7) is -0.00571. The first kappa shape index (κ1) is 12.2. The van der Waals surface area contributed by atoms with Crippen LogP contribution >= 0.6 is 0 Å². The van der Waals surface area contributed by atoms with Gasteiger partial charge in [0.1, 0.15) is 6.23 Å². The molecule has 2 atom stereocenters. The molecule has 1 aromatic carbocycles. The summed E-state index contributed by atoms with van der Waals surface area (Å²) in [7, 11) is 3.61. The van der Waals surface area contributed by atoms with Crippen molar-refractivity contribution >= 4 is 0 Å². The quantitative estimate of drug-likeness (QED) is 0.702. The van der Waals surface area contributed by atoms with Crippen LogP contribution in [0.1, 0.15) is 5.56 Å². The topological polar surface area (TPSA) is 43.7 Å². The van der Waals surface area contributed by atoms with Crippen molar-refractivity contribution in [1.82, 2.24) is 4.90 Å². The van der Waals surface area contributed by atoms with E-state index in [0.29, 0.717) is 6.42 Å². The summed E-state index contributed by atoms with van der Waals surface area (Å²) in [6.07, 6.45) is 0.0895. The van der Waals surface area contributed by atoms with Crippen LogP contribution in [0, 0.1) is 5.92 Å². The summed E-state index contributed by atoms with van der Waals surface area (Å²) >= 11 is 0. The van der Waals surface area contributed by atoms with Crippen molar-refractivity contribution in [2.45, 2.75) is 12.6 Å². The molecule has 0 fully saturated rings. The maximum absolute atomic E-state index is 9.81. The highest BCUT2D eigenvalue weighted by Crippen LogP contribution is 2.13. The van der Waals surface area contributed by atoms with Crippen LogP contribution in [0.5, 0.6) is 0 Å². The molecule has 84 valence electrons. The monoisotopic (exact) mass is 209 g/mol. The zero-order chi connectivity index (χ0) is 11.3. The van der Waals surface area contributed by atoms with Gasteiger partial charge in [-0.3, -0.25) is 4.90 Å². The van der Waals surface area contributed by atoms with Gasteiger partial charge in [0.2, 0.25) is 0 Å². The van der Waals surface area contributed by atoms with Crippen LogP contribution in [-0.2, 0) is 6.42 Å². The molecule has 0 heterocycles. The predicted octanol–water partition coefficient (Wildman–Crippen LogP) is 0.718. The third-order valence-corrected chi connectivity index (χ3v) is 2.53. The molecule has 15 heavy (non-hydrogen) atoms. The van der Waals surface area contributed by atoms with Crippen LogP contribution in [0.3, 0.4) is 0 Å². The van der Waals surface area contributed by atoms with Crippen LogP contribution in [0.4, 0.5) is 0 Å². The van der Waals surface area contributed by atoms with Gasteiger partial charge >= 0.3 is 0 Å². The molecule has 3 nitrogen and oxygen atoms in total. The van der Waals surface area contributed by atoms with Gasteiger partial charge in [0.05, 0.1) is 0 Å². The van der Waals surface area contributed by atoms with E-state index >= 15 is 0 Å². The molecule has 1 aromatic rings. The molecule has 0 aliphatic rings. The minimum atomic E-state index is -0.602. The molecular weight excluding hydrogens is 190 g/mol. The molecule has 0 aliphatic heterocycles. The first-order valence-corrected chi connectivity index (χ1v) is 5.14. The second-order valence-electron chi connectivity index (χ2n) is 4.01. The van der Waals surface area contributed by atoms with Crippen molar-refractivity contribution in [2.75, 3.05) is 20.7 Å². The van der Waals surface area contributed by atoms with Gasteiger partial charge in [-0.1, -0.05) is 30.3 Å². The van der Waals surface area contributed by atoms with Crippen LogP contribution in [0.15, 0.2) is 30.3 Å².